The van der Waals surface area contributed by atoms with Gasteiger partial charge in [-0.3, -0.25) is 4.79 Å². The average Bonchev–Trinajstić information content (AvgIpc) is 2.93. The number of carbonyl (C=O) groups excluding carboxylic acids is 1. The highest BCUT2D eigenvalue weighted by molar-refractivity contribution is 6.03. The SMILES string of the molecule is Nc1cn2ccnc2c(N2CC(=O)Nc3ccccc32)n1. The molecule has 7 heteroatoms. The van der Waals surface area contributed by atoms with E-state index in [1.165, 1.54) is 0 Å². The van der Waals surface area contributed by atoms with Crippen LogP contribution in [0.2, 0.25) is 0 Å². The molecule has 2 aromatic heterocycles. The first-order chi connectivity index (χ1) is 10.2. The van der Waals surface area contributed by atoms with E-state index >= 15 is 0 Å². The number of anilines is 4. The summed E-state index contributed by atoms with van der Waals surface area (Å²) in [5, 5.41) is 2.85. The molecule has 1 aliphatic rings. The maximum Gasteiger partial charge on any atom is 0.244 e. The Labute approximate surface area is 120 Å². The standard InChI is InChI=1S/C14H12N6O/c15-11-7-19-6-5-16-13(19)14(18-11)20-8-12(21)17-9-3-1-2-4-10(9)20/h1-7H,8,15H2,(H,17,21). The largest absolute Gasteiger partial charge is 0.382 e. The normalized spacial score (nSPS) is 14.1. The van der Waals surface area contributed by atoms with Crippen LogP contribution in [0.25, 0.3) is 5.65 Å². The Hall–Kier alpha value is -3.09. The van der Waals surface area contributed by atoms with E-state index in [0.29, 0.717) is 17.3 Å². The molecule has 0 unspecified atom stereocenters. The Balaban J connectivity index is 1.96. The molecule has 0 radical (unpaired) electrons. The van der Waals surface area contributed by atoms with Crippen LogP contribution in [-0.2, 0) is 4.79 Å². The number of hydrogen-bond acceptors (Lipinski definition) is 5. The van der Waals surface area contributed by atoms with Gasteiger partial charge in [0.05, 0.1) is 17.6 Å². The number of nitrogens with zero attached hydrogens (tertiary/aromatic N) is 4. The van der Waals surface area contributed by atoms with Gasteiger partial charge in [-0.15, -0.1) is 0 Å². The fraction of sp³-hybridized carbons (Fsp3) is 0.0714. The molecule has 1 amide bonds. The summed E-state index contributed by atoms with van der Waals surface area (Å²) in [7, 11) is 0. The lowest BCUT2D eigenvalue weighted by Gasteiger charge is -2.30. The zero-order valence-electron chi connectivity index (χ0n) is 11.0. The maximum absolute atomic E-state index is 11.9. The Kier molecular flexibility index (Phi) is 2.34. The second kappa shape index (κ2) is 4.20. The fourth-order valence-corrected chi connectivity index (χ4v) is 2.54. The Bertz CT molecular complexity index is 856. The second-order valence-electron chi connectivity index (χ2n) is 4.80. The number of hydrogen-bond donors (Lipinski definition) is 2. The van der Waals surface area contributed by atoms with Crippen LogP contribution in [0.4, 0.5) is 23.0 Å². The molecule has 7 nitrogen and oxygen atoms in total. The summed E-state index contributed by atoms with van der Waals surface area (Å²) < 4.78 is 1.80. The summed E-state index contributed by atoms with van der Waals surface area (Å²) >= 11 is 0. The molecule has 21 heavy (non-hydrogen) atoms. The van der Waals surface area contributed by atoms with Crippen molar-refractivity contribution in [2.75, 3.05) is 22.5 Å². The predicted octanol–water partition coefficient (Wildman–Crippen LogP) is 1.40. The minimum atomic E-state index is -0.0948. The lowest BCUT2D eigenvalue weighted by Crippen LogP contribution is -2.35. The predicted molar refractivity (Wildman–Crippen MR) is 79.5 cm³/mol. The molecule has 3 aromatic rings. The highest BCUT2D eigenvalue weighted by Gasteiger charge is 2.26. The van der Waals surface area contributed by atoms with Crippen LogP contribution in [0.5, 0.6) is 0 Å². The Morgan fingerprint density at radius 3 is 3.05 bits per heavy atom. The van der Waals surface area contributed by atoms with Gasteiger partial charge in [-0.25, -0.2) is 9.97 Å². The van der Waals surface area contributed by atoms with Gasteiger partial charge in [0, 0.05) is 12.4 Å². The van der Waals surface area contributed by atoms with E-state index in [9.17, 15) is 4.79 Å². The minimum Gasteiger partial charge on any atom is -0.382 e. The first-order valence-electron chi connectivity index (χ1n) is 6.48. The van der Waals surface area contributed by atoms with Gasteiger partial charge in [-0.1, -0.05) is 12.1 Å². The van der Waals surface area contributed by atoms with E-state index in [0.717, 1.165) is 11.4 Å². The minimum absolute atomic E-state index is 0.0948. The zero-order chi connectivity index (χ0) is 14.4. The number of carbonyl (C=O) groups is 1. The van der Waals surface area contributed by atoms with Crippen molar-refractivity contribution < 1.29 is 4.79 Å². The van der Waals surface area contributed by atoms with Crippen LogP contribution in [0.1, 0.15) is 0 Å². The Morgan fingerprint density at radius 1 is 1.29 bits per heavy atom. The van der Waals surface area contributed by atoms with Crippen LogP contribution in [0.15, 0.2) is 42.9 Å². The number of nitrogens with one attached hydrogen (secondary N) is 1. The van der Waals surface area contributed by atoms with Gasteiger partial charge in [0.25, 0.3) is 0 Å². The van der Waals surface area contributed by atoms with Crippen molar-refractivity contribution in [2.45, 2.75) is 0 Å². The zero-order valence-corrected chi connectivity index (χ0v) is 11.0. The van der Waals surface area contributed by atoms with Gasteiger partial charge in [-0.2, -0.15) is 0 Å². The van der Waals surface area contributed by atoms with Gasteiger partial charge in [0.2, 0.25) is 5.91 Å². The molecule has 3 heterocycles. The van der Waals surface area contributed by atoms with E-state index in [-0.39, 0.29) is 12.5 Å². The topological polar surface area (TPSA) is 88.5 Å². The highest BCUT2D eigenvalue weighted by atomic mass is 16.2. The summed E-state index contributed by atoms with van der Waals surface area (Å²) in [6.45, 7) is 0.177. The van der Waals surface area contributed by atoms with Crippen molar-refractivity contribution >= 4 is 34.6 Å². The van der Waals surface area contributed by atoms with Gasteiger partial charge < -0.3 is 20.4 Å². The van der Waals surface area contributed by atoms with E-state index in [2.05, 4.69) is 15.3 Å². The molecular weight excluding hydrogens is 268 g/mol. The molecule has 0 saturated heterocycles. The molecule has 0 aliphatic carbocycles. The number of aromatic nitrogens is 3. The van der Waals surface area contributed by atoms with E-state index in [1.54, 1.807) is 23.0 Å². The van der Waals surface area contributed by atoms with Crippen LogP contribution in [0.3, 0.4) is 0 Å². The smallest absolute Gasteiger partial charge is 0.244 e. The molecule has 0 spiro atoms. The number of amides is 1. The van der Waals surface area contributed by atoms with Crippen LogP contribution in [-0.4, -0.2) is 26.8 Å². The van der Waals surface area contributed by atoms with E-state index < -0.39 is 0 Å². The number of benzene rings is 1. The molecule has 0 atom stereocenters. The van der Waals surface area contributed by atoms with Gasteiger partial charge >= 0.3 is 0 Å². The van der Waals surface area contributed by atoms with Gasteiger partial charge in [0.15, 0.2) is 11.5 Å². The third-order valence-electron chi connectivity index (χ3n) is 3.40. The van der Waals surface area contributed by atoms with E-state index in [4.69, 9.17) is 5.73 Å². The summed E-state index contributed by atoms with van der Waals surface area (Å²) in [5.74, 6) is 0.851. The molecule has 0 saturated carbocycles. The summed E-state index contributed by atoms with van der Waals surface area (Å²) in [6.07, 6.45) is 5.17. The van der Waals surface area contributed by atoms with E-state index in [1.807, 2.05) is 29.2 Å². The van der Waals surface area contributed by atoms with Gasteiger partial charge in [-0.05, 0) is 12.1 Å². The quantitative estimate of drug-likeness (QED) is 0.703. The second-order valence-corrected chi connectivity index (χ2v) is 4.80. The monoisotopic (exact) mass is 280 g/mol. The van der Waals surface area contributed by atoms with Crippen molar-refractivity contribution in [1.82, 2.24) is 14.4 Å². The maximum atomic E-state index is 11.9. The number of nitrogen functional groups attached to an aromatic ring is 1. The number of imidazole rings is 1. The van der Waals surface area contributed by atoms with Crippen molar-refractivity contribution in [3.05, 3.63) is 42.9 Å². The molecule has 1 aliphatic heterocycles. The molecule has 0 bridgehead atoms. The summed E-state index contributed by atoms with van der Waals surface area (Å²) in [6, 6.07) is 7.58. The molecule has 4 rings (SSSR count). The lowest BCUT2D eigenvalue weighted by atomic mass is 10.2. The molecular formula is C14H12N6O. The number of para-hydroxylation sites is 2. The Morgan fingerprint density at radius 2 is 2.14 bits per heavy atom. The van der Waals surface area contributed by atoms with Crippen LogP contribution in [0, 0.1) is 0 Å². The van der Waals surface area contributed by atoms with Crippen molar-refractivity contribution in [1.29, 1.82) is 0 Å². The van der Waals surface area contributed by atoms with Crippen molar-refractivity contribution in [3.63, 3.8) is 0 Å². The van der Waals surface area contributed by atoms with Crippen LogP contribution < -0.4 is 16.0 Å². The molecule has 3 N–H and O–H groups in total. The van der Waals surface area contributed by atoms with Crippen molar-refractivity contribution in [3.8, 4) is 0 Å². The third-order valence-corrected chi connectivity index (χ3v) is 3.40. The third kappa shape index (κ3) is 1.78. The molecule has 104 valence electrons. The number of fused-ring (bicyclic) bond motifs is 2. The highest BCUT2D eigenvalue weighted by Crippen LogP contribution is 2.35. The first-order valence-corrected chi connectivity index (χ1v) is 6.48. The summed E-state index contributed by atoms with van der Waals surface area (Å²) in [4.78, 5) is 22.4. The fourth-order valence-electron chi connectivity index (χ4n) is 2.54. The summed E-state index contributed by atoms with van der Waals surface area (Å²) in [5.41, 5.74) is 8.15. The average molecular weight is 280 g/mol. The van der Waals surface area contributed by atoms with Crippen LogP contribution >= 0.6 is 0 Å². The first kappa shape index (κ1) is 11.7. The number of nitrogens with two attached hydrogens (primary N) is 1. The van der Waals surface area contributed by atoms with Crippen molar-refractivity contribution in [2.24, 2.45) is 0 Å². The molecule has 0 fully saturated rings. The van der Waals surface area contributed by atoms with Gasteiger partial charge in [0.1, 0.15) is 12.4 Å². The lowest BCUT2D eigenvalue weighted by molar-refractivity contribution is -0.115. The molecule has 1 aromatic carbocycles. The number of rotatable bonds is 1.